The summed E-state index contributed by atoms with van der Waals surface area (Å²) in [4.78, 5) is 179. The number of nitrogens with two attached hydrogens (primary N) is 4. The molecule has 37 nitrogen and oxygen atoms in total. The van der Waals surface area contributed by atoms with Crippen LogP contribution in [0, 0.1) is 0 Å². The molecule has 0 aliphatic heterocycles. The van der Waals surface area contributed by atoms with Crippen molar-refractivity contribution >= 4 is 88.4 Å². The summed E-state index contributed by atoms with van der Waals surface area (Å²) in [6.45, 7) is -0.836. The smallest absolute Gasteiger partial charge is 0.408 e. The largest absolute Gasteiger partial charge is 0.445 e. The van der Waals surface area contributed by atoms with Crippen molar-refractivity contribution in [2.45, 2.75) is 108 Å². The number of rotatable bonds is 54. The van der Waals surface area contributed by atoms with E-state index in [2.05, 4.69) is 74.1 Å². The van der Waals surface area contributed by atoms with Crippen LogP contribution in [0.5, 0.6) is 0 Å². The molecule has 0 fully saturated rings. The number of unbranched alkanes of at least 4 members (excludes halogenated alkanes) is 1. The van der Waals surface area contributed by atoms with Crippen molar-refractivity contribution < 1.29 is 81.3 Å². The predicted octanol–water partition coefficient (Wildman–Crippen LogP) is -0.526. The fourth-order valence-electron chi connectivity index (χ4n) is 11.6. The zero-order valence-electron chi connectivity index (χ0n) is 65.7. The number of para-hydroxylation sites is 1. The van der Waals surface area contributed by atoms with Crippen molar-refractivity contribution in [3.05, 3.63) is 180 Å². The van der Waals surface area contributed by atoms with E-state index < -0.39 is 108 Å². The number of amides is 13. The Bertz CT molecular complexity index is 3820. The number of benzene rings is 5. The van der Waals surface area contributed by atoms with Crippen LogP contribution in [0.2, 0.25) is 0 Å². The van der Waals surface area contributed by atoms with E-state index in [0.717, 1.165) is 38.9 Å². The molecule has 13 amide bonds. The Morgan fingerprint density at radius 3 is 0.957 bits per heavy atom. The number of nitrogens with zero attached hydrogens (tertiary/aromatic N) is 2. The summed E-state index contributed by atoms with van der Waals surface area (Å²) in [6.07, 6.45) is -2.63. The van der Waals surface area contributed by atoms with Gasteiger partial charge in [-0.15, -0.1) is 0 Å². The van der Waals surface area contributed by atoms with Gasteiger partial charge in [-0.3, -0.25) is 48.1 Å². The van der Waals surface area contributed by atoms with Crippen LogP contribution in [0.3, 0.4) is 0 Å². The molecular formula is C80H112N20O17. The Morgan fingerprint density at radius 2 is 0.632 bits per heavy atom. The molecule has 37 heteroatoms. The van der Waals surface area contributed by atoms with Gasteiger partial charge in [0.1, 0.15) is 50.6 Å². The topological polar surface area (TPSA) is 542 Å². The SMILES string of the molecule is NC[C@H](NC(=O)OCc1ccccc1)C(=O)NCCNC(=O)CCN(CCCC[C@@H](C(=O)NCCc1cc2ccccc2[nH]1)N(CCC(=O)NCCNC(=O)[C@H](CN)NC(=O)OCc1ccccc1)CCC(=O)NCCNC(=O)[C@H](CN)NC(=O)OCc1ccccc1)CCC(=O)NCCNC(=O)[C@H](CN)NC(=O)OCc1ccccc1. The number of aromatic nitrogens is 1. The number of ether oxygens (including phenoxy) is 4. The zero-order valence-corrected chi connectivity index (χ0v) is 65.7. The van der Waals surface area contributed by atoms with Crippen molar-refractivity contribution in [2.75, 3.05) is 118 Å². The van der Waals surface area contributed by atoms with Crippen molar-refractivity contribution in [3.63, 3.8) is 0 Å². The molecule has 6 aromatic rings. The van der Waals surface area contributed by atoms with Gasteiger partial charge in [-0.05, 0) is 59.2 Å². The van der Waals surface area contributed by atoms with Gasteiger partial charge < -0.3 is 121 Å². The highest BCUT2D eigenvalue weighted by molar-refractivity contribution is 5.89. The fraction of sp³-hybridized carbons (Fsp3) is 0.438. The van der Waals surface area contributed by atoms with E-state index in [0.29, 0.717) is 25.8 Å². The Hall–Kier alpha value is -12.3. The molecule has 1 aromatic heterocycles. The van der Waals surface area contributed by atoms with Gasteiger partial charge in [0, 0.05) is 155 Å². The lowest BCUT2D eigenvalue weighted by Gasteiger charge is -2.31. The van der Waals surface area contributed by atoms with Crippen LogP contribution in [0.15, 0.2) is 152 Å². The summed E-state index contributed by atoms with van der Waals surface area (Å²) in [5.41, 5.74) is 28.0. The number of nitrogens with one attached hydrogen (secondary N) is 14. The molecule has 5 aromatic carbocycles. The van der Waals surface area contributed by atoms with Gasteiger partial charge in [-0.2, -0.15) is 0 Å². The van der Waals surface area contributed by atoms with Crippen molar-refractivity contribution in [1.29, 1.82) is 0 Å². The zero-order chi connectivity index (χ0) is 84.2. The average molecular weight is 1630 g/mol. The number of carbonyl (C=O) groups excluding carboxylic acids is 13. The van der Waals surface area contributed by atoms with Crippen LogP contribution in [0.25, 0.3) is 10.9 Å². The van der Waals surface area contributed by atoms with E-state index in [1.807, 2.05) is 59.5 Å². The third-order valence-electron chi connectivity index (χ3n) is 18.0. The van der Waals surface area contributed by atoms with Gasteiger partial charge in [-0.1, -0.05) is 146 Å². The normalized spacial score (nSPS) is 12.2. The molecule has 0 spiro atoms. The van der Waals surface area contributed by atoms with Crippen molar-refractivity contribution in [2.24, 2.45) is 22.9 Å². The number of aromatic amines is 1. The van der Waals surface area contributed by atoms with Gasteiger partial charge in [0.05, 0.1) is 6.04 Å². The Balaban J connectivity index is 1.11. The summed E-state index contributed by atoms with van der Waals surface area (Å²) >= 11 is 0. The number of hydrogen-bond donors (Lipinski definition) is 18. The van der Waals surface area contributed by atoms with Crippen LogP contribution in [-0.2, 0) is 94.9 Å². The molecule has 5 atom stereocenters. The molecule has 0 aliphatic carbocycles. The summed E-state index contributed by atoms with van der Waals surface area (Å²) in [5, 5.41) is 35.5. The molecule has 117 heavy (non-hydrogen) atoms. The van der Waals surface area contributed by atoms with E-state index in [1.165, 1.54) is 0 Å². The first kappa shape index (κ1) is 93.6. The fourth-order valence-corrected chi connectivity index (χ4v) is 11.6. The van der Waals surface area contributed by atoms with E-state index in [9.17, 15) is 62.3 Å². The molecule has 1 heterocycles. The second kappa shape index (κ2) is 54.5. The standard InChI is InChI=1S/C80H112N20O17/c81-48-63(95-77(110)114-52-56-17-5-1-6-18-56)72(105)90-38-34-85-68(101)29-43-99(44-30-69(102)86-35-39-91-73(106)64(49-82)96-78(111)115-53-57-19-7-2-8-20-57)42-16-15-27-67(76(109)89-33-28-61-47-60-25-13-14-26-62(60)94-61)100(45-31-70(103)87-36-40-92-74(107)65(50-83)97-79(112)116-54-58-21-9-3-10-22-58)46-32-71(104)88-37-41-93-75(108)66(51-84)98-80(113)117-55-59-23-11-4-12-24-59/h1-14,17-26,47,63-67,94H,15-16,27-46,48-55,81-84H2,(H,85,101)(H,86,102)(H,87,103)(H,88,104)(H,89,109)(H,90,105)(H,91,106)(H,92,107)(H,93,108)(H,95,110)(H,96,111)(H,97,112)(H,98,113)/t63-,64-,65-,66-,67-/m0/s1. The van der Waals surface area contributed by atoms with Gasteiger partial charge in [0.2, 0.25) is 53.2 Å². The minimum atomic E-state index is -1.16. The van der Waals surface area contributed by atoms with Crippen LogP contribution in [0.1, 0.15) is 72.9 Å². The highest BCUT2D eigenvalue weighted by atomic mass is 16.6. The third-order valence-corrected chi connectivity index (χ3v) is 18.0. The van der Waals surface area contributed by atoms with Gasteiger partial charge in [0.15, 0.2) is 0 Å². The lowest BCUT2D eigenvalue weighted by atomic mass is 10.0. The molecule has 0 unspecified atom stereocenters. The maximum Gasteiger partial charge on any atom is 0.408 e. The number of alkyl carbamates (subject to hydrolysis) is 4. The Labute approximate surface area is 679 Å². The maximum absolute atomic E-state index is 14.8. The van der Waals surface area contributed by atoms with Gasteiger partial charge in [0.25, 0.3) is 0 Å². The monoisotopic (exact) mass is 1620 g/mol. The Kier molecular flexibility index (Phi) is 43.6. The molecule has 0 saturated heterocycles. The minimum Gasteiger partial charge on any atom is -0.445 e. The second-order valence-corrected chi connectivity index (χ2v) is 26.9. The van der Waals surface area contributed by atoms with Crippen molar-refractivity contribution in [3.8, 4) is 0 Å². The number of H-pyrrole nitrogens is 1. The lowest BCUT2D eigenvalue weighted by molar-refractivity contribution is -0.129. The molecule has 0 radical (unpaired) electrons. The van der Waals surface area contributed by atoms with Crippen LogP contribution in [0.4, 0.5) is 19.2 Å². The van der Waals surface area contributed by atoms with Crippen LogP contribution in [-0.4, -0.2) is 240 Å². The second-order valence-electron chi connectivity index (χ2n) is 26.9. The Morgan fingerprint density at radius 1 is 0.333 bits per heavy atom. The first-order valence-electron chi connectivity index (χ1n) is 38.9. The van der Waals surface area contributed by atoms with E-state index in [-0.39, 0.29) is 170 Å². The molecular weight excluding hydrogens is 1510 g/mol. The van der Waals surface area contributed by atoms with E-state index in [4.69, 9.17) is 41.9 Å². The molecule has 634 valence electrons. The van der Waals surface area contributed by atoms with Crippen molar-refractivity contribution in [1.82, 2.24) is 83.9 Å². The summed E-state index contributed by atoms with van der Waals surface area (Å²) in [6, 6.07) is 39.8. The van der Waals surface area contributed by atoms with Gasteiger partial charge >= 0.3 is 24.4 Å². The first-order valence-corrected chi connectivity index (χ1v) is 38.9. The minimum absolute atomic E-state index is 0.00366. The molecule has 0 aliphatic rings. The van der Waals surface area contributed by atoms with Crippen LogP contribution >= 0.6 is 0 Å². The summed E-state index contributed by atoms with van der Waals surface area (Å²) in [5.74, 6) is -4.65. The number of fused-ring (bicyclic) bond motifs is 1. The first-order chi connectivity index (χ1) is 56.7. The number of hydrogen-bond acceptors (Lipinski definition) is 23. The molecule has 0 bridgehead atoms. The van der Waals surface area contributed by atoms with E-state index >= 15 is 0 Å². The number of carbonyl (C=O) groups is 13. The predicted molar refractivity (Wildman–Crippen MR) is 434 cm³/mol. The molecule has 6 rings (SSSR count). The molecule has 22 N–H and O–H groups in total. The van der Waals surface area contributed by atoms with Crippen LogP contribution < -0.4 is 92.1 Å². The van der Waals surface area contributed by atoms with E-state index in [1.54, 1.807) is 102 Å². The maximum atomic E-state index is 14.8. The lowest BCUT2D eigenvalue weighted by Crippen LogP contribution is -2.52. The quantitative estimate of drug-likeness (QED) is 0.0169. The average Bonchev–Trinajstić information content (AvgIpc) is 1.70. The third kappa shape index (κ3) is 38.1. The highest BCUT2D eigenvalue weighted by Crippen LogP contribution is 2.17. The highest BCUT2D eigenvalue weighted by Gasteiger charge is 2.29. The van der Waals surface area contributed by atoms with Gasteiger partial charge in [-0.25, -0.2) is 19.2 Å². The summed E-state index contributed by atoms with van der Waals surface area (Å²) in [7, 11) is 0. The summed E-state index contributed by atoms with van der Waals surface area (Å²) < 4.78 is 21.0. The molecule has 0 saturated carbocycles.